The molecule has 0 amide bonds. The molecular formula is C28H33N3O6. The van der Waals surface area contributed by atoms with E-state index in [9.17, 15) is 14.7 Å². The maximum atomic E-state index is 12.8. The van der Waals surface area contributed by atoms with Crippen LogP contribution in [0.2, 0.25) is 0 Å². The summed E-state index contributed by atoms with van der Waals surface area (Å²) in [5.41, 5.74) is 3.74. The third-order valence-corrected chi connectivity index (χ3v) is 6.66. The molecule has 0 bridgehead atoms. The zero-order chi connectivity index (χ0) is 26.9. The van der Waals surface area contributed by atoms with Gasteiger partial charge in [-0.15, -0.1) is 5.10 Å². The van der Waals surface area contributed by atoms with Crippen molar-refractivity contribution < 1.29 is 24.1 Å². The Morgan fingerprint density at radius 1 is 1.08 bits per heavy atom. The van der Waals surface area contributed by atoms with Crippen LogP contribution in [0.15, 0.2) is 35.3 Å². The summed E-state index contributed by atoms with van der Waals surface area (Å²) >= 11 is 0. The number of nitrogens with zero attached hydrogens (tertiary/aromatic N) is 3. The van der Waals surface area contributed by atoms with Gasteiger partial charge < -0.3 is 23.9 Å². The number of aromatic carboxylic acids is 1. The highest BCUT2D eigenvalue weighted by molar-refractivity contribution is 5.88. The summed E-state index contributed by atoms with van der Waals surface area (Å²) in [4.78, 5) is 24.6. The Kier molecular flexibility index (Phi) is 7.36. The Hall–Kier alpha value is -3.72. The third kappa shape index (κ3) is 5.22. The molecule has 0 radical (unpaired) electrons. The Balaban J connectivity index is 1.98. The first-order valence-electron chi connectivity index (χ1n) is 12.2. The summed E-state index contributed by atoms with van der Waals surface area (Å²) in [5.74, 6) is -0.206. The largest absolute Gasteiger partial charge is 0.493 e. The molecular weight excluding hydrogens is 474 g/mol. The maximum Gasteiger partial charge on any atom is 0.341 e. The van der Waals surface area contributed by atoms with Gasteiger partial charge in [-0.05, 0) is 42.5 Å². The molecule has 9 heteroatoms. The number of aromatic nitrogens is 3. The summed E-state index contributed by atoms with van der Waals surface area (Å²) < 4.78 is 18.9. The zero-order valence-corrected chi connectivity index (χ0v) is 22.1. The van der Waals surface area contributed by atoms with E-state index in [1.807, 2.05) is 29.7 Å². The fraction of sp³-hybridized carbons (Fsp3) is 0.429. The molecule has 0 fully saturated rings. The molecule has 196 valence electrons. The van der Waals surface area contributed by atoms with Crippen molar-refractivity contribution in [1.82, 2.24) is 14.8 Å². The van der Waals surface area contributed by atoms with Crippen LogP contribution in [0.3, 0.4) is 0 Å². The lowest BCUT2D eigenvalue weighted by atomic mass is 9.78. The Bertz CT molecular complexity index is 1390. The van der Waals surface area contributed by atoms with Crippen molar-refractivity contribution in [3.63, 3.8) is 0 Å². The molecule has 4 rings (SSSR count). The first-order valence-corrected chi connectivity index (χ1v) is 12.2. The lowest BCUT2D eigenvalue weighted by Crippen LogP contribution is -2.32. The molecule has 9 nitrogen and oxygen atoms in total. The third-order valence-electron chi connectivity index (χ3n) is 6.66. The number of pyridine rings is 1. The van der Waals surface area contributed by atoms with Gasteiger partial charge in [0, 0.05) is 49.6 Å². The topological polar surface area (TPSA) is 113 Å². The minimum atomic E-state index is -1.23. The summed E-state index contributed by atoms with van der Waals surface area (Å²) in [6.07, 6.45) is 2.85. The van der Waals surface area contributed by atoms with Crippen molar-refractivity contribution in [3.8, 4) is 34.0 Å². The second-order valence-electron chi connectivity index (χ2n) is 10.3. The zero-order valence-electron chi connectivity index (χ0n) is 22.1. The van der Waals surface area contributed by atoms with E-state index in [2.05, 4.69) is 31.0 Å². The van der Waals surface area contributed by atoms with E-state index < -0.39 is 11.4 Å². The van der Waals surface area contributed by atoms with Gasteiger partial charge in [0.25, 0.3) is 0 Å². The first-order chi connectivity index (χ1) is 17.5. The van der Waals surface area contributed by atoms with Crippen LogP contribution < -0.4 is 14.9 Å². The summed E-state index contributed by atoms with van der Waals surface area (Å²) in [6, 6.07) is 7.24. The minimum absolute atomic E-state index is 0.0692. The van der Waals surface area contributed by atoms with Crippen molar-refractivity contribution in [2.75, 3.05) is 27.4 Å². The second-order valence-corrected chi connectivity index (χ2v) is 10.3. The summed E-state index contributed by atoms with van der Waals surface area (Å²) in [7, 11) is 3.19. The van der Waals surface area contributed by atoms with E-state index in [-0.39, 0.29) is 17.0 Å². The predicted octanol–water partition coefficient (Wildman–Crippen LogP) is 4.55. The van der Waals surface area contributed by atoms with Crippen LogP contribution in [0, 0.1) is 12.3 Å². The highest BCUT2D eigenvalue weighted by Crippen LogP contribution is 2.47. The number of ether oxygens (including phenoxy) is 3. The lowest BCUT2D eigenvalue weighted by molar-refractivity contribution is 0.0693. The average Bonchev–Trinajstić information content (AvgIpc) is 2.84. The van der Waals surface area contributed by atoms with Crippen molar-refractivity contribution >= 4 is 5.97 Å². The van der Waals surface area contributed by atoms with Crippen LogP contribution in [0.4, 0.5) is 0 Å². The van der Waals surface area contributed by atoms with Gasteiger partial charge in [-0.2, -0.15) is 5.10 Å². The van der Waals surface area contributed by atoms with Gasteiger partial charge in [0.2, 0.25) is 5.88 Å². The van der Waals surface area contributed by atoms with Crippen molar-refractivity contribution in [3.05, 3.63) is 57.5 Å². The van der Waals surface area contributed by atoms with Gasteiger partial charge in [0.1, 0.15) is 11.3 Å². The molecule has 1 atom stereocenters. The molecule has 0 aliphatic carbocycles. The first kappa shape index (κ1) is 26.3. The molecule has 0 saturated carbocycles. The molecule has 3 heterocycles. The Labute approximate surface area is 216 Å². The molecule has 1 aliphatic rings. The average molecular weight is 508 g/mol. The van der Waals surface area contributed by atoms with Gasteiger partial charge in [0.05, 0.1) is 30.7 Å². The quantitative estimate of drug-likeness (QED) is 0.442. The van der Waals surface area contributed by atoms with Crippen LogP contribution in [0.1, 0.15) is 54.8 Å². The van der Waals surface area contributed by atoms with Gasteiger partial charge in [-0.1, -0.05) is 20.8 Å². The summed E-state index contributed by atoms with van der Waals surface area (Å²) in [5, 5.41) is 17.9. The Morgan fingerprint density at radius 2 is 1.84 bits per heavy atom. The van der Waals surface area contributed by atoms with Crippen molar-refractivity contribution in [1.29, 1.82) is 0 Å². The summed E-state index contributed by atoms with van der Waals surface area (Å²) in [6.45, 7) is 9.21. The van der Waals surface area contributed by atoms with E-state index in [1.165, 1.54) is 19.4 Å². The number of hydrogen-bond acceptors (Lipinski definition) is 7. The van der Waals surface area contributed by atoms with E-state index in [4.69, 9.17) is 14.2 Å². The highest BCUT2D eigenvalue weighted by atomic mass is 16.5. The van der Waals surface area contributed by atoms with Gasteiger partial charge in [-0.3, -0.25) is 4.79 Å². The molecule has 0 saturated heterocycles. The SMILES string of the molecule is COCCCOc1cc2c(cc1-c1cc(C)nnc1OC)-c1cc(=O)c(C(=O)O)cn1[C@H](C(C)(C)C)C2. The monoisotopic (exact) mass is 507 g/mol. The number of benzene rings is 1. The second kappa shape index (κ2) is 10.3. The van der Waals surface area contributed by atoms with Crippen LogP contribution in [-0.4, -0.2) is 53.3 Å². The van der Waals surface area contributed by atoms with Crippen LogP contribution >= 0.6 is 0 Å². The molecule has 2 aromatic heterocycles. The lowest BCUT2D eigenvalue weighted by Gasteiger charge is -2.39. The highest BCUT2D eigenvalue weighted by Gasteiger charge is 2.34. The minimum Gasteiger partial charge on any atom is -0.493 e. The standard InChI is InChI=1S/C28H33N3O6/c1-16-10-20(26(36-6)30-29-16)19-13-18-17(11-24(19)37-9-7-8-35-5)12-25(28(2,3)4)31-15-21(27(33)34)23(32)14-22(18)31/h10-11,13-15,25H,7-9,12H2,1-6H3,(H,33,34)/t25-/m0/s1. The molecule has 0 spiro atoms. The van der Waals surface area contributed by atoms with Gasteiger partial charge in [0.15, 0.2) is 5.43 Å². The maximum absolute atomic E-state index is 12.8. The van der Waals surface area contributed by atoms with E-state index in [0.29, 0.717) is 42.5 Å². The normalized spacial score (nSPS) is 14.6. The molecule has 1 aliphatic heterocycles. The molecule has 1 N–H and O–H groups in total. The number of rotatable bonds is 8. The number of methoxy groups -OCH3 is 2. The van der Waals surface area contributed by atoms with Crippen LogP contribution in [0.25, 0.3) is 22.4 Å². The number of carboxylic acid groups (broad SMARTS) is 1. The number of hydrogen-bond donors (Lipinski definition) is 1. The molecule has 3 aromatic rings. The smallest absolute Gasteiger partial charge is 0.341 e. The number of carbonyl (C=O) groups is 1. The fourth-order valence-corrected chi connectivity index (χ4v) is 4.78. The molecule has 0 unspecified atom stereocenters. The van der Waals surface area contributed by atoms with Gasteiger partial charge in [-0.25, -0.2) is 4.79 Å². The van der Waals surface area contributed by atoms with E-state index >= 15 is 0 Å². The Morgan fingerprint density at radius 3 is 2.49 bits per heavy atom. The van der Waals surface area contributed by atoms with Crippen LogP contribution in [-0.2, 0) is 11.2 Å². The number of fused-ring (bicyclic) bond motifs is 3. The van der Waals surface area contributed by atoms with Crippen molar-refractivity contribution in [2.45, 2.75) is 46.6 Å². The molecule has 1 aromatic carbocycles. The number of aryl methyl sites for hydroxylation is 1. The van der Waals surface area contributed by atoms with Crippen molar-refractivity contribution in [2.24, 2.45) is 5.41 Å². The van der Waals surface area contributed by atoms with E-state index in [1.54, 1.807) is 7.11 Å². The fourth-order valence-electron chi connectivity index (χ4n) is 4.78. The number of carboxylic acids is 1. The predicted molar refractivity (Wildman–Crippen MR) is 140 cm³/mol. The van der Waals surface area contributed by atoms with Gasteiger partial charge >= 0.3 is 5.97 Å². The molecule has 37 heavy (non-hydrogen) atoms. The van der Waals surface area contributed by atoms with Crippen LogP contribution in [0.5, 0.6) is 11.6 Å². The van der Waals surface area contributed by atoms with E-state index in [0.717, 1.165) is 28.8 Å².